The van der Waals surface area contributed by atoms with Crippen LogP contribution in [-0.4, -0.2) is 34.3 Å². The van der Waals surface area contributed by atoms with Gasteiger partial charge in [-0.15, -0.1) is 11.3 Å². The average molecular weight is 317 g/mol. The van der Waals surface area contributed by atoms with Gasteiger partial charge in [-0.1, -0.05) is 0 Å². The average Bonchev–Trinajstić information content (AvgIpc) is 3.13. The highest BCUT2D eigenvalue weighted by molar-refractivity contribution is 7.12. The summed E-state index contributed by atoms with van der Waals surface area (Å²) < 4.78 is 4.60. The van der Waals surface area contributed by atoms with Crippen molar-refractivity contribution < 1.29 is 19.4 Å². The number of aromatic amines is 1. The van der Waals surface area contributed by atoms with E-state index in [1.165, 1.54) is 25.3 Å². The van der Waals surface area contributed by atoms with E-state index < -0.39 is 5.97 Å². The number of nitrogens with one attached hydrogen (secondary N) is 2. The molecule has 112 valence electrons. The Kier molecular flexibility index (Phi) is 3.51. The van der Waals surface area contributed by atoms with Crippen LogP contribution < -0.4 is 5.32 Å². The molecule has 2 aromatic heterocycles. The first-order valence-corrected chi connectivity index (χ1v) is 7.11. The Morgan fingerprint density at radius 3 is 2.95 bits per heavy atom. The number of benzene rings is 1. The number of phenolic OH excluding ortho intramolecular Hbond substituents is 1. The number of amides is 1. The van der Waals surface area contributed by atoms with Crippen LogP contribution in [0.3, 0.4) is 0 Å². The first-order chi connectivity index (χ1) is 10.6. The van der Waals surface area contributed by atoms with Gasteiger partial charge in [0.2, 0.25) is 0 Å². The Labute approximate surface area is 128 Å². The molecule has 0 spiro atoms. The fourth-order valence-electron chi connectivity index (χ4n) is 1.95. The zero-order valence-electron chi connectivity index (χ0n) is 11.4. The van der Waals surface area contributed by atoms with Gasteiger partial charge in [-0.3, -0.25) is 9.89 Å². The number of carbonyl (C=O) groups is 2. The molecule has 0 atom stereocenters. The molecule has 0 aliphatic carbocycles. The van der Waals surface area contributed by atoms with Crippen molar-refractivity contribution in [3.63, 3.8) is 0 Å². The number of methoxy groups -OCH3 is 1. The number of anilines is 1. The number of thiophene rings is 1. The molecule has 0 fully saturated rings. The third-order valence-electron chi connectivity index (χ3n) is 3.03. The van der Waals surface area contributed by atoms with Crippen LogP contribution in [-0.2, 0) is 4.74 Å². The van der Waals surface area contributed by atoms with Crippen LogP contribution >= 0.6 is 11.3 Å². The van der Waals surface area contributed by atoms with E-state index >= 15 is 0 Å². The lowest BCUT2D eigenvalue weighted by Crippen LogP contribution is -2.11. The molecule has 0 unspecified atom stereocenters. The molecular formula is C14H11N3O4S. The third-order valence-corrected chi connectivity index (χ3v) is 3.94. The van der Waals surface area contributed by atoms with Gasteiger partial charge in [0, 0.05) is 16.8 Å². The van der Waals surface area contributed by atoms with Crippen molar-refractivity contribution in [3.8, 4) is 5.75 Å². The van der Waals surface area contributed by atoms with Crippen LogP contribution in [0, 0.1) is 0 Å². The molecule has 0 bridgehead atoms. The maximum Gasteiger partial charge on any atom is 0.348 e. The number of phenols is 1. The smallest absolute Gasteiger partial charge is 0.348 e. The predicted octanol–water partition coefficient (Wildman–Crippen LogP) is 2.37. The quantitative estimate of drug-likeness (QED) is 0.643. The lowest BCUT2D eigenvalue weighted by atomic mass is 10.2. The molecule has 8 heteroatoms. The fourth-order valence-corrected chi connectivity index (χ4v) is 2.75. The highest BCUT2D eigenvalue weighted by Crippen LogP contribution is 2.25. The minimum atomic E-state index is -0.482. The number of esters is 1. The largest absolute Gasteiger partial charge is 0.508 e. The number of H-pyrrole nitrogens is 1. The number of aromatic nitrogens is 2. The molecule has 0 radical (unpaired) electrons. The van der Waals surface area contributed by atoms with E-state index in [-0.39, 0.29) is 11.7 Å². The van der Waals surface area contributed by atoms with Crippen LogP contribution in [0.25, 0.3) is 10.9 Å². The molecule has 7 nitrogen and oxygen atoms in total. The summed E-state index contributed by atoms with van der Waals surface area (Å²) in [6.07, 6.45) is 0. The van der Waals surface area contributed by atoms with Gasteiger partial charge in [-0.25, -0.2) is 4.79 Å². The van der Waals surface area contributed by atoms with Crippen molar-refractivity contribution in [2.24, 2.45) is 0 Å². The van der Waals surface area contributed by atoms with Crippen molar-refractivity contribution >= 4 is 39.9 Å². The molecule has 0 saturated carbocycles. The van der Waals surface area contributed by atoms with Gasteiger partial charge in [0.15, 0.2) is 5.82 Å². The van der Waals surface area contributed by atoms with Gasteiger partial charge >= 0.3 is 5.97 Å². The number of nitrogens with zero attached hydrogens (tertiary/aromatic N) is 1. The zero-order chi connectivity index (χ0) is 15.7. The van der Waals surface area contributed by atoms with E-state index in [4.69, 9.17) is 0 Å². The molecule has 2 heterocycles. The van der Waals surface area contributed by atoms with Crippen LogP contribution in [0.15, 0.2) is 29.6 Å². The summed E-state index contributed by atoms with van der Waals surface area (Å²) in [5.74, 6) is -0.405. The van der Waals surface area contributed by atoms with Gasteiger partial charge in [-0.2, -0.15) is 5.10 Å². The predicted molar refractivity (Wildman–Crippen MR) is 81.4 cm³/mol. The summed E-state index contributed by atoms with van der Waals surface area (Å²) in [7, 11) is 1.28. The second-order valence-electron chi connectivity index (χ2n) is 4.45. The van der Waals surface area contributed by atoms with Crippen LogP contribution in [0.1, 0.15) is 20.0 Å². The standard InChI is InChI=1S/C14H11N3O4S/c1-21-14(20)11-4-7(6-22-11)13(19)15-12-9-3-2-8(18)5-10(9)16-17-12/h2-6,18H,1H3,(H2,15,16,17,19). The number of aromatic hydroxyl groups is 1. The topological polar surface area (TPSA) is 104 Å². The minimum absolute atomic E-state index is 0.106. The van der Waals surface area contributed by atoms with Gasteiger partial charge in [0.1, 0.15) is 10.6 Å². The number of hydrogen-bond acceptors (Lipinski definition) is 6. The first-order valence-electron chi connectivity index (χ1n) is 6.24. The maximum absolute atomic E-state index is 12.2. The molecule has 0 aliphatic heterocycles. The second-order valence-corrected chi connectivity index (χ2v) is 5.36. The van der Waals surface area contributed by atoms with Crippen molar-refractivity contribution in [3.05, 3.63) is 40.1 Å². The SMILES string of the molecule is COC(=O)c1cc(C(=O)Nc2n[nH]c3cc(O)ccc23)cs1. The Balaban J connectivity index is 1.84. The van der Waals surface area contributed by atoms with E-state index in [0.717, 1.165) is 11.3 Å². The lowest BCUT2D eigenvalue weighted by Gasteiger charge is -2.00. The number of ether oxygens (including phenoxy) is 1. The highest BCUT2D eigenvalue weighted by atomic mass is 32.1. The monoisotopic (exact) mass is 317 g/mol. The van der Waals surface area contributed by atoms with Gasteiger partial charge in [-0.05, 0) is 18.2 Å². The molecular weight excluding hydrogens is 306 g/mol. The Hall–Kier alpha value is -2.87. The van der Waals surface area contributed by atoms with Crippen LogP contribution in [0.2, 0.25) is 0 Å². The molecule has 0 aliphatic rings. The Bertz CT molecular complexity index is 868. The maximum atomic E-state index is 12.2. The summed E-state index contributed by atoms with van der Waals surface area (Å²) >= 11 is 1.13. The minimum Gasteiger partial charge on any atom is -0.508 e. The van der Waals surface area contributed by atoms with Crippen LogP contribution in [0.4, 0.5) is 5.82 Å². The van der Waals surface area contributed by atoms with Crippen molar-refractivity contribution in [2.45, 2.75) is 0 Å². The van der Waals surface area contributed by atoms with E-state index in [2.05, 4.69) is 20.3 Å². The summed E-state index contributed by atoms with van der Waals surface area (Å²) in [6, 6.07) is 6.13. The molecule has 3 aromatic rings. The zero-order valence-corrected chi connectivity index (χ0v) is 12.2. The lowest BCUT2D eigenvalue weighted by molar-refractivity contribution is 0.0606. The van der Waals surface area contributed by atoms with E-state index in [1.54, 1.807) is 11.4 Å². The molecule has 1 amide bonds. The summed E-state index contributed by atoms with van der Waals surface area (Å²) in [5.41, 5.74) is 0.955. The third kappa shape index (κ3) is 2.51. The number of carbonyl (C=O) groups excluding carboxylic acids is 2. The van der Waals surface area contributed by atoms with Gasteiger partial charge in [0.05, 0.1) is 18.2 Å². The van der Waals surface area contributed by atoms with Crippen molar-refractivity contribution in [1.82, 2.24) is 10.2 Å². The molecule has 22 heavy (non-hydrogen) atoms. The van der Waals surface area contributed by atoms with Crippen LogP contribution in [0.5, 0.6) is 5.75 Å². The fraction of sp³-hybridized carbons (Fsp3) is 0.0714. The Morgan fingerprint density at radius 2 is 2.18 bits per heavy atom. The second kappa shape index (κ2) is 5.49. The molecule has 3 N–H and O–H groups in total. The number of rotatable bonds is 3. The van der Waals surface area contributed by atoms with E-state index in [1.807, 2.05) is 0 Å². The summed E-state index contributed by atoms with van der Waals surface area (Å²) in [6.45, 7) is 0. The normalized spacial score (nSPS) is 10.6. The van der Waals surface area contributed by atoms with Gasteiger partial charge < -0.3 is 15.2 Å². The molecule has 0 saturated heterocycles. The number of fused-ring (bicyclic) bond motifs is 1. The van der Waals surface area contributed by atoms with Gasteiger partial charge in [0.25, 0.3) is 5.91 Å². The summed E-state index contributed by atoms with van der Waals surface area (Å²) in [4.78, 5) is 23.9. The highest BCUT2D eigenvalue weighted by Gasteiger charge is 2.16. The first kappa shape index (κ1) is 14.1. The van der Waals surface area contributed by atoms with Crippen molar-refractivity contribution in [1.29, 1.82) is 0 Å². The molecule has 1 aromatic carbocycles. The number of hydrogen-bond donors (Lipinski definition) is 3. The molecule has 3 rings (SSSR count). The Morgan fingerprint density at radius 1 is 1.36 bits per heavy atom. The summed E-state index contributed by atoms with van der Waals surface area (Å²) in [5, 5.41) is 21.0. The van der Waals surface area contributed by atoms with E-state index in [9.17, 15) is 14.7 Å². The van der Waals surface area contributed by atoms with Crippen molar-refractivity contribution in [2.75, 3.05) is 12.4 Å². The van der Waals surface area contributed by atoms with E-state index in [0.29, 0.717) is 27.2 Å².